The highest BCUT2D eigenvalue weighted by Gasteiger charge is 2.29. The Labute approximate surface area is 415 Å². The monoisotopic (exact) mass is 1000 g/mol. The average Bonchev–Trinajstić information content (AvgIpc) is 3.35. The molecule has 388 valence electrons. The molecular weight excluding hydrogens is 943 g/mol. The van der Waals surface area contributed by atoms with E-state index in [0.29, 0.717) is 62.5 Å². The van der Waals surface area contributed by atoms with Crippen molar-refractivity contribution in [1.29, 1.82) is 0 Å². The summed E-state index contributed by atoms with van der Waals surface area (Å²) >= 11 is 0. The van der Waals surface area contributed by atoms with E-state index in [9.17, 15) is 38.9 Å². The lowest BCUT2D eigenvalue weighted by Gasteiger charge is -2.25. The number of aryl methyl sites for hydroxylation is 1. The number of primary amides is 1. The first kappa shape index (κ1) is 56.8. The Kier molecular flexibility index (Phi) is 24.9. The van der Waals surface area contributed by atoms with Crippen LogP contribution in [0.3, 0.4) is 0 Å². The molecule has 1 aromatic heterocycles. The van der Waals surface area contributed by atoms with Crippen LogP contribution in [0.5, 0.6) is 5.75 Å². The fourth-order valence-corrected chi connectivity index (χ4v) is 6.25. The molecule has 2 atom stereocenters. The fraction of sp³-hybridized carbons (Fsp3) is 0.447. The molecule has 7 N–H and O–H groups in total. The van der Waals surface area contributed by atoms with E-state index in [-0.39, 0.29) is 81.9 Å². The third kappa shape index (κ3) is 22.3. The number of urea groups is 1. The number of benzene rings is 3. The molecule has 1 heterocycles. The van der Waals surface area contributed by atoms with Gasteiger partial charge < -0.3 is 60.7 Å². The number of nitro benzene ring substituents is 1. The number of hydrogen-bond acceptors (Lipinski definition) is 18. The number of ether oxygens (including phenoxy) is 6. The number of carbonyl (C=O) groups is 6. The molecule has 0 aliphatic carbocycles. The van der Waals surface area contributed by atoms with Crippen molar-refractivity contribution in [2.24, 2.45) is 11.7 Å². The van der Waals surface area contributed by atoms with E-state index in [4.69, 9.17) is 34.2 Å². The van der Waals surface area contributed by atoms with Crippen LogP contribution in [0.1, 0.15) is 50.1 Å². The maximum Gasteiger partial charge on any atom is 0.514 e. The van der Waals surface area contributed by atoms with Gasteiger partial charge in [0, 0.05) is 42.9 Å². The van der Waals surface area contributed by atoms with Crippen LogP contribution in [0, 0.1) is 23.0 Å². The SMILES string of the molecule is Cc1nnc(-c2ccc(CC(=O)NCCOCCOCCOCCOCCC(=O)N[C@H](C(=O)N[C@@H](CCCNC(N)=O)C(=O)Nc3ccc(COC(=O)Oc4ccc([N+](=O)[O-])cc4)cc3)C(C)C)cc2)nn1. The van der Waals surface area contributed by atoms with Gasteiger partial charge >= 0.3 is 12.2 Å². The number of rotatable bonds is 32. The van der Waals surface area contributed by atoms with Gasteiger partial charge in [-0.25, -0.2) is 9.59 Å². The molecule has 0 fully saturated rings. The predicted molar refractivity (Wildman–Crippen MR) is 257 cm³/mol. The number of nitrogens with two attached hydrogens (primary N) is 1. The van der Waals surface area contributed by atoms with Crippen molar-refractivity contribution in [2.45, 2.75) is 65.1 Å². The lowest BCUT2D eigenvalue weighted by Crippen LogP contribution is -2.54. The maximum atomic E-state index is 13.5. The van der Waals surface area contributed by atoms with Gasteiger partial charge in [-0.1, -0.05) is 50.2 Å². The van der Waals surface area contributed by atoms with E-state index in [1.165, 1.54) is 24.3 Å². The second kappa shape index (κ2) is 31.5. The number of hydrogen-bond donors (Lipinski definition) is 6. The van der Waals surface area contributed by atoms with Crippen LogP contribution in [-0.4, -0.2) is 139 Å². The Balaban J connectivity index is 1.05. The van der Waals surface area contributed by atoms with E-state index >= 15 is 0 Å². The first-order chi connectivity index (χ1) is 34.7. The minimum atomic E-state index is -1.07. The summed E-state index contributed by atoms with van der Waals surface area (Å²) in [7, 11) is 0. The molecule has 0 aliphatic rings. The Morgan fingerprint density at radius 3 is 1.88 bits per heavy atom. The summed E-state index contributed by atoms with van der Waals surface area (Å²) in [5.41, 5.74) is 7.50. The molecule has 0 bridgehead atoms. The van der Waals surface area contributed by atoms with Crippen LogP contribution in [0.25, 0.3) is 11.4 Å². The third-order valence-corrected chi connectivity index (χ3v) is 10.0. The summed E-state index contributed by atoms with van der Waals surface area (Å²) < 4.78 is 32.2. The summed E-state index contributed by atoms with van der Waals surface area (Å²) in [5.74, 6) is -1.14. The second-order valence-electron chi connectivity index (χ2n) is 16.1. The minimum Gasteiger partial charge on any atom is -0.429 e. The largest absolute Gasteiger partial charge is 0.514 e. The van der Waals surface area contributed by atoms with Gasteiger partial charge in [-0.15, -0.1) is 20.4 Å². The van der Waals surface area contributed by atoms with E-state index in [1.807, 2.05) is 24.3 Å². The summed E-state index contributed by atoms with van der Waals surface area (Å²) in [6.07, 6.45) is -0.462. The summed E-state index contributed by atoms with van der Waals surface area (Å²) in [6.45, 7) is 7.72. The summed E-state index contributed by atoms with van der Waals surface area (Å²) in [4.78, 5) is 85.7. The highest BCUT2D eigenvalue weighted by Crippen LogP contribution is 2.19. The molecule has 0 unspecified atom stereocenters. The quantitative estimate of drug-likeness (QED) is 0.0135. The van der Waals surface area contributed by atoms with Crippen molar-refractivity contribution in [3.8, 4) is 17.1 Å². The van der Waals surface area contributed by atoms with Gasteiger partial charge in [0.15, 0.2) is 5.82 Å². The zero-order valence-electron chi connectivity index (χ0n) is 40.3. The number of nitro groups is 1. The normalized spacial score (nSPS) is 11.7. The van der Waals surface area contributed by atoms with Crippen LogP contribution >= 0.6 is 0 Å². The standard InChI is InChI=1S/C47H61N11O14/c1-31(2)42(45(62)52-39(5-4-19-50-46(48)63)44(61)51-36-12-8-34(9-13-36)30-71-47(64)72-38-16-14-37(15-17-38)58(65)66)53-40(59)18-21-67-23-25-69-27-28-70-26-24-68-22-20-49-41(60)29-33-6-10-35(11-7-33)43-56-54-32(3)55-57-43/h6-17,31,39,42H,4-5,18-30H2,1-3H3,(H,49,60)(H,51,61)(H,52,62)(H,53,59)(H3,48,50,63)/t39-,42-/m0/s1. The topological polar surface area (TPSA) is 339 Å². The van der Waals surface area contributed by atoms with Crippen molar-refractivity contribution >= 4 is 47.2 Å². The van der Waals surface area contributed by atoms with E-state index in [2.05, 4.69) is 47.0 Å². The smallest absolute Gasteiger partial charge is 0.429 e. The molecule has 25 nitrogen and oxygen atoms in total. The predicted octanol–water partition coefficient (Wildman–Crippen LogP) is 2.69. The van der Waals surface area contributed by atoms with E-state index in [0.717, 1.165) is 11.1 Å². The average molecular weight is 1000 g/mol. The van der Waals surface area contributed by atoms with Crippen molar-refractivity contribution in [2.75, 3.05) is 71.3 Å². The summed E-state index contributed by atoms with van der Waals surface area (Å²) in [6, 6.07) is 15.7. The molecule has 6 amide bonds. The molecule has 25 heteroatoms. The molecular formula is C47H61N11O14. The lowest BCUT2D eigenvalue weighted by molar-refractivity contribution is -0.384. The number of nitrogens with one attached hydrogen (secondary N) is 5. The Morgan fingerprint density at radius 1 is 0.681 bits per heavy atom. The fourth-order valence-electron chi connectivity index (χ4n) is 6.25. The second-order valence-corrected chi connectivity index (χ2v) is 16.1. The van der Waals surface area contributed by atoms with Crippen molar-refractivity contribution in [3.05, 3.63) is 99.9 Å². The van der Waals surface area contributed by atoms with Gasteiger partial charge in [0.05, 0.1) is 64.2 Å². The van der Waals surface area contributed by atoms with Crippen molar-refractivity contribution in [3.63, 3.8) is 0 Å². The minimum absolute atomic E-state index is 0.0382. The molecule has 4 rings (SSSR count). The molecule has 4 aromatic rings. The Bertz CT molecular complexity index is 2340. The maximum absolute atomic E-state index is 13.5. The zero-order chi connectivity index (χ0) is 52.1. The lowest BCUT2D eigenvalue weighted by atomic mass is 10.0. The number of amides is 6. The number of aromatic nitrogens is 4. The van der Waals surface area contributed by atoms with Crippen LogP contribution in [-0.2, 0) is 55.9 Å². The Hall–Kier alpha value is -7.74. The van der Waals surface area contributed by atoms with E-state index < -0.39 is 46.9 Å². The van der Waals surface area contributed by atoms with Crippen LogP contribution in [0.2, 0.25) is 0 Å². The van der Waals surface area contributed by atoms with Crippen LogP contribution in [0.15, 0.2) is 72.8 Å². The Morgan fingerprint density at radius 2 is 1.28 bits per heavy atom. The van der Waals surface area contributed by atoms with E-state index in [1.54, 1.807) is 45.0 Å². The molecule has 0 radical (unpaired) electrons. The highest BCUT2D eigenvalue weighted by atomic mass is 16.7. The number of anilines is 1. The van der Waals surface area contributed by atoms with Gasteiger partial charge in [0.1, 0.15) is 24.4 Å². The van der Waals surface area contributed by atoms with Gasteiger partial charge in [-0.05, 0) is 61.1 Å². The van der Waals surface area contributed by atoms with Gasteiger partial charge in [-0.3, -0.25) is 29.3 Å². The first-order valence-electron chi connectivity index (χ1n) is 23.0. The number of carbonyl (C=O) groups excluding carboxylic acids is 6. The molecule has 0 aliphatic heterocycles. The third-order valence-electron chi connectivity index (χ3n) is 10.0. The molecule has 0 saturated carbocycles. The first-order valence-corrected chi connectivity index (χ1v) is 23.0. The number of nitrogens with zero attached hydrogens (tertiary/aromatic N) is 5. The van der Waals surface area contributed by atoms with Crippen molar-refractivity contribution in [1.82, 2.24) is 41.7 Å². The van der Waals surface area contributed by atoms with Crippen LogP contribution < -0.4 is 37.1 Å². The molecule has 0 saturated heterocycles. The molecule has 0 spiro atoms. The number of non-ortho nitro benzene ring substituents is 1. The summed E-state index contributed by atoms with van der Waals surface area (Å²) in [5, 5.41) is 40.1. The van der Waals surface area contributed by atoms with Gasteiger partial charge in [0.2, 0.25) is 29.5 Å². The van der Waals surface area contributed by atoms with Crippen molar-refractivity contribution < 1.29 is 62.1 Å². The highest BCUT2D eigenvalue weighted by molar-refractivity contribution is 5.98. The molecule has 72 heavy (non-hydrogen) atoms. The molecule has 3 aromatic carbocycles. The van der Waals surface area contributed by atoms with Gasteiger partial charge in [0.25, 0.3) is 5.69 Å². The van der Waals surface area contributed by atoms with Crippen LogP contribution in [0.4, 0.5) is 21.0 Å². The van der Waals surface area contributed by atoms with Gasteiger partial charge in [-0.2, -0.15) is 0 Å². The zero-order valence-corrected chi connectivity index (χ0v) is 40.3.